The van der Waals surface area contributed by atoms with Crippen molar-refractivity contribution >= 4 is 15.7 Å². The summed E-state index contributed by atoms with van der Waals surface area (Å²) < 4.78 is 33.1. The van der Waals surface area contributed by atoms with E-state index in [1.54, 1.807) is 7.05 Å². The summed E-state index contributed by atoms with van der Waals surface area (Å²) in [5, 5.41) is 3.99. The smallest absolute Gasteiger partial charge is 0.241 e. The van der Waals surface area contributed by atoms with Crippen molar-refractivity contribution in [2.45, 2.75) is 11.4 Å². The predicted molar refractivity (Wildman–Crippen MR) is 72.4 cm³/mol. The van der Waals surface area contributed by atoms with Crippen molar-refractivity contribution in [3.05, 3.63) is 30.4 Å². The van der Waals surface area contributed by atoms with Crippen molar-refractivity contribution in [3.8, 4) is 5.75 Å². The normalized spacial score (nSPS) is 11.5. The van der Waals surface area contributed by atoms with Crippen molar-refractivity contribution < 1.29 is 13.2 Å². The van der Waals surface area contributed by atoms with Crippen LogP contribution in [0.2, 0.25) is 0 Å². The molecule has 8 nitrogen and oxygen atoms in total. The van der Waals surface area contributed by atoms with Crippen LogP contribution in [0.5, 0.6) is 5.75 Å². The largest absolute Gasteiger partial charge is 0.495 e. The minimum Gasteiger partial charge on any atom is -0.495 e. The second-order valence-corrected chi connectivity index (χ2v) is 5.83. The zero-order valence-electron chi connectivity index (χ0n) is 11.1. The minimum absolute atomic E-state index is 0.00904. The van der Waals surface area contributed by atoms with Gasteiger partial charge in [0.05, 0.1) is 24.2 Å². The molecule has 0 aliphatic rings. The van der Waals surface area contributed by atoms with E-state index in [2.05, 4.69) is 14.8 Å². The molecular formula is C11H15N5O3S. The van der Waals surface area contributed by atoms with Crippen LogP contribution < -0.4 is 15.2 Å². The van der Waals surface area contributed by atoms with Gasteiger partial charge in [0.1, 0.15) is 12.1 Å². The summed E-state index contributed by atoms with van der Waals surface area (Å²) in [5.74, 6) is 0.813. The number of nitrogen functional groups attached to an aromatic ring is 1. The first kappa shape index (κ1) is 14.3. The molecule has 0 unspecified atom stereocenters. The maximum Gasteiger partial charge on any atom is 0.241 e. The number of hydrogen-bond acceptors (Lipinski definition) is 6. The molecule has 108 valence electrons. The van der Waals surface area contributed by atoms with Gasteiger partial charge in [-0.25, -0.2) is 18.1 Å². The molecule has 0 spiro atoms. The highest BCUT2D eigenvalue weighted by molar-refractivity contribution is 7.89. The molecular weight excluding hydrogens is 282 g/mol. The summed E-state index contributed by atoms with van der Waals surface area (Å²) in [4.78, 5) is 4.00. The first-order valence-electron chi connectivity index (χ1n) is 5.70. The van der Waals surface area contributed by atoms with Crippen LogP contribution in [-0.2, 0) is 23.6 Å². The number of aryl methyl sites for hydroxylation is 1. The van der Waals surface area contributed by atoms with Gasteiger partial charge in [0.15, 0.2) is 5.82 Å². The van der Waals surface area contributed by atoms with E-state index in [-0.39, 0.29) is 17.1 Å². The average molecular weight is 297 g/mol. The van der Waals surface area contributed by atoms with Crippen molar-refractivity contribution in [2.24, 2.45) is 7.05 Å². The molecule has 20 heavy (non-hydrogen) atoms. The van der Waals surface area contributed by atoms with E-state index in [9.17, 15) is 8.42 Å². The topological polar surface area (TPSA) is 112 Å². The van der Waals surface area contributed by atoms with Crippen molar-refractivity contribution in [1.82, 2.24) is 19.5 Å². The van der Waals surface area contributed by atoms with Gasteiger partial charge in [-0.3, -0.25) is 4.68 Å². The third-order valence-corrected chi connectivity index (χ3v) is 3.98. The summed E-state index contributed by atoms with van der Waals surface area (Å²) in [6.45, 7) is 0.00904. The number of methoxy groups -OCH3 is 1. The lowest BCUT2D eigenvalue weighted by Crippen LogP contribution is -2.24. The highest BCUT2D eigenvalue weighted by Gasteiger charge is 2.16. The van der Waals surface area contributed by atoms with Gasteiger partial charge < -0.3 is 10.5 Å². The third-order valence-electron chi connectivity index (χ3n) is 2.58. The van der Waals surface area contributed by atoms with E-state index in [1.807, 2.05) is 0 Å². The number of sulfonamides is 1. The van der Waals surface area contributed by atoms with Crippen molar-refractivity contribution in [3.63, 3.8) is 0 Å². The Morgan fingerprint density at radius 2 is 2.20 bits per heavy atom. The number of nitrogens with two attached hydrogens (primary N) is 1. The Morgan fingerprint density at radius 1 is 1.45 bits per heavy atom. The predicted octanol–water partition coefficient (Wildman–Crippen LogP) is -0.116. The Hall–Kier alpha value is -2.13. The molecule has 0 aliphatic carbocycles. The molecule has 0 amide bonds. The van der Waals surface area contributed by atoms with E-state index < -0.39 is 10.0 Å². The van der Waals surface area contributed by atoms with Gasteiger partial charge in [-0.2, -0.15) is 5.10 Å². The molecule has 0 radical (unpaired) electrons. The highest BCUT2D eigenvalue weighted by atomic mass is 32.2. The maximum absolute atomic E-state index is 12.1. The molecule has 0 fully saturated rings. The van der Waals surface area contributed by atoms with Crippen LogP contribution in [0.15, 0.2) is 29.4 Å². The molecule has 0 saturated carbocycles. The number of ether oxygens (including phenoxy) is 1. The van der Waals surface area contributed by atoms with Crippen molar-refractivity contribution in [2.75, 3.05) is 12.8 Å². The van der Waals surface area contributed by atoms with Crippen molar-refractivity contribution in [1.29, 1.82) is 0 Å². The van der Waals surface area contributed by atoms with Crippen LogP contribution in [0.4, 0.5) is 5.69 Å². The first-order chi connectivity index (χ1) is 9.42. The fraction of sp³-hybridized carbons (Fsp3) is 0.273. The zero-order chi connectivity index (χ0) is 14.8. The number of anilines is 1. The van der Waals surface area contributed by atoms with Crippen LogP contribution in [-0.4, -0.2) is 30.3 Å². The van der Waals surface area contributed by atoms with E-state index in [0.717, 1.165) is 0 Å². The number of benzene rings is 1. The standard InChI is InChI=1S/C11H15N5O3S/c1-16-7-13-11(15-16)6-14-20(17,18)8-3-4-10(19-2)9(12)5-8/h3-5,7,14H,6,12H2,1-2H3. The fourth-order valence-electron chi connectivity index (χ4n) is 1.59. The van der Waals surface area contributed by atoms with Gasteiger partial charge >= 0.3 is 0 Å². The summed E-state index contributed by atoms with van der Waals surface area (Å²) in [7, 11) is -0.505. The Kier molecular flexibility index (Phi) is 3.91. The van der Waals surface area contributed by atoms with Gasteiger partial charge in [0, 0.05) is 7.05 Å². The van der Waals surface area contributed by atoms with Crippen LogP contribution in [0, 0.1) is 0 Å². The second kappa shape index (κ2) is 5.47. The number of aromatic nitrogens is 3. The molecule has 2 rings (SSSR count). The summed E-state index contributed by atoms with van der Waals surface area (Å²) >= 11 is 0. The van der Waals surface area contributed by atoms with E-state index >= 15 is 0 Å². The lowest BCUT2D eigenvalue weighted by Gasteiger charge is -2.08. The van der Waals surface area contributed by atoms with E-state index in [1.165, 1.54) is 36.3 Å². The molecule has 1 aromatic carbocycles. The number of nitrogens with one attached hydrogen (secondary N) is 1. The van der Waals surface area contributed by atoms with Crippen LogP contribution in [0.1, 0.15) is 5.82 Å². The van der Waals surface area contributed by atoms with Gasteiger partial charge in [-0.05, 0) is 18.2 Å². The van der Waals surface area contributed by atoms with Gasteiger partial charge in [0.2, 0.25) is 10.0 Å². The number of nitrogens with zero attached hydrogens (tertiary/aromatic N) is 3. The molecule has 0 aliphatic heterocycles. The molecule has 0 atom stereocenters. The van der Waals surface area contributed by atoms with E-state index in [4.69, 9.17) is 10.5 Å². The lowest BCUT2D eigenvalue weighted by atomic mass is 10.3. The summed E-state index contributed by atoms with van der Waals surface area (Å²) in [6, 6.07) is 4.26. The minimum atomic E-state index is -3.67. The van der Waals surface area contributed by atoms with Crippen LogP contribution in [0.3, 0.4) is 0 Å². The average Bonchev–Trinajstić information content (AvgIpc) is 2.82. The molecule has 2 aromatic rings. The first-order valence-corrected chi connectivity index (χ1v) is 7.18. The van der Waals surface area contributed by atoms with Gasteiger partial charge in [-0.15, -0.1) is 0 Å². The molecule has 1 aromatic heterocycles. The Morgan fingerprint density at radius 3 is 2.75 bits per heavy atom. The Labute approximate surface area is 116 Å². The second-order valence-electron chi connectivity index (χ2n) is 4.06. The summed E-state index contributed by atoms with van der Waals surface area (Å²) in [6.07, 6.45) is 1.50. The lowest BCUT2D eigenvalue weighted by molar-refractivity contribution is 0.416. The monoisotopic (exact) mass is 297 g/mol. The maximum atomic E-state index is 12.1. The Balaban J connectivity index is 2.15. The molecule has 3 N–H and O–H groups in total. The molecule has 0 bridgehead atoms. The Bertz CT molecular complexity index is 711. The zero-order valence-corrected chi connectivity index (χ0v) is 11.9. The van der Waals surface area contributed by atoms with Crippen LogP contribution >= 0.6 is 0 Å². The molecule has 9 heteroatoms. The molecule has 1 heterocycles. The fourth-order valence-corrected chi connectivity index (χ4v) is 2.60. The summed E-state index contributed by atoms with van der Waals surface area (Å²) in [5.41, 5.74) is 5.95. The third kappa shape index (κ3) is 3.06. The SMILES string of the molecule is COc1ccc(S(=O)(=O)NCc2ncn(C)n2)cc1N. The highest BCUT2D eigenvalue weighted by Crippen LogP contribution is 2.24. The number of rotatable bonds is 5. The van der Waals surface area contributed by atoms with Gasteiger partial charge in [-0.1, -0.05) is 0 Å². The number of hydrogen-bond donors (Lipinski definition) is 2. The van der Waals surface area contributed by atoms with E-state index in [0.29, 0.717) is 11.6 Å². The van der Waals surface area contributed by atoms with Crippen LogP contribution in [0.25, 0.3) is 0 Å². The van der Waals surface area contributed by atoms with Gasteiger partial charge in [0.25, 0.3) is 0 Å². The quantitative estimate of drug-likeness (QED) is 0.744. The molecule has 0 saturated heterocycles.